The molecule has 3 amide bonds. The molecule has 4 N–H and O–H groups in total. The summed E-state index contributed by atoms with van der Waals surface area (Å²) in [5.41, 5.74) is 10.8. The first-order valence-electron chi connectivity index (χ1n) is 5.65. The molecule has 6 heteroatoms. The lowest BCUT2D eigenvalue weighted by molar-refractivity contribution is -0.127. The molecule has 0 spiro atoms. The molecular formula is C10H20N4O2. The average molecular weight is 228 g/mol. The zero-order valence-electron chi connectivity index (χ0n) is 9.69. The summed E-state index contributed by atoms with van der Waals surface area (Å²) >= 11 is 0. The number of nitrogens with zero attached hydrogens (tertiary/aromatic N) is 2. The maximum Gasteiger partial charge on any atom is 0.327 e. The first-order chi connectivity index (χ1) is 7.63. The van der Waals surface area contributed by atoms with E-state index in [1.54, 1.807) is 11.8 Å². The minimum atomic E-state index is -0.364. The maximum atomic E-state index is 11.9. The zero-order chi connectivity index (χ0) is 12.1. The van der Waals surface area contributed by atoms with Gasteiger partial charge >= 0.3 is 6.03 Å². The number of hydrogen-bond donors (Lipinski definition) is 2. The topological polar surface area (TPSA) is 92.7 Å². The lowest BCUT2D eigenvalue weighted by Crippen LogP contribution is -2.36. The number of carbonyl (C=O) groups is 2. The quantitative estimate of drug-likeness (QED) is 0.590. The van der Waals surface area contributed by atoms with E-state index in [4.69, 9.17) is 11.5 Å². The van der Waals surface area contributed by atoms with Crippen molar-refractivity contribution in [2.45, 2.75) is 25.8 Å². The summed E-state index contributed by atoms with van der Waals surface area (Å²) in [7, 11) is 0. The van der Waals surface area contributed by atoms with Crippen LogP contribution < -0.4 is 11.5 Å². The van der Waals surface area contributed by atoms with Gasteiger partial charge in [-0.1, -0.05) is 0 Å². The third-order valence-electron chi connectivity index (χ3n) is 2.76. The summed E-state index contributed by atoms with van der Waals surface area (Å²) in [5.74, 6) is -0.129. The van der Waals surface area contributed by atoms with Gasteiger partial charge in [0.2, 0.25) is 0 Å². The Morgan fingerprint density at radius 3 is 2.25 bits per heavy atom. The number of rotatable bonds is 6. The molecule has 0 radical (unpaired) electrons. The third-order valence-corrected chi connectivity index (χ3v) is 2.76. The second kappa shape index (κ2) is 5.81. The molecule has 1 unspecified atom stereocenters. The summed E-state index contributed by atoms with van der Waals surface area (Å²) < 4.78 is 0. The standard InChI is InChI=1S/C10H20N4O2/c1-8-9(15)14(7-3-5-12)10(16)13(8)6-2-4-11/h8H,2-7,11-12H2,1H3. The Labute approximate surface area is 95.5 Å². The molecule has 1 saturated heterocycles. The van der Waals surface area contributed by atoms with Gasteiger partial charge in [-0.2, -0.15) is 0 Å². The minimum Gasteiger partial charge on any atom is -0.330 e. The van der Waals surface area contributed by atoms with Crippen LogP contribution in [0.5, 0.6) is 0 Å². The van der Waals surface area contributed by atoms with Gasteiger partial charge in [-0.15, -0.1) is 0 Å². The lowest BCUT2D eigenvalue weighted by atomic mass is 10.3. The smallest absolute Gasteiger partial charge is 0.327 e. The summed E-state index contributed by atoms with van der Waals surface area (Å²) in [5, 5.41) is 0. The van der Waals surface area contributed by atoms with Crippen LogP contribution in [0.1, 0.15) is 19.8 Å². The number of nitrogens with two attached hydrogens (primary N) is 2. The van der Waals surface area contributed by atoms with Crippen LogP contribution in [0.25, 0.3) is 0 Å². The Hall–Kier alpha value is -1.14. The summed E-state index contributed by atoms with van der Waals surface area (Å²) in [4.78, 5) is 26.5. The van der Waals surface area contributed by atoms with Crippen molar-refractivity contribution in [3.63, 3.8) is 0 Å². The van der Waals surface area contributed by atoms with E-state index in [1.165, 1.54) is 4.90 Å². The monoisotopic (exact) mass is 228 g/mol. The van der Waals surface area contributed by atoms with Gasteiger partial charge in [0.25, 0.3) is 5.91 Å². The summed E-state index contributed by atoms with van der Waals surface area (Å²) in [6.45, 7) is 3.71. The molecule has 1 atom stereocenters. The van der Waals surface area contributed by atoms with Crippen molar-refractivity contribution in [1.82, 2.24) is 9.80 Å². The van der Waals surface area contributed by atoms with E-state index in [0.717, 1.165) is 0 Å². The Bertz CT molecular complexity index is 270. The van der Waals surface area contributed by atoms with E-state index < -0.39 is 0 Å². The highest BCUT2D eigenvalue weighted by Crippen LogP contribution is 2.17. The molecule has 92 valence electrons. The summed E-state index contributed by atoms with van der Waals surface area (Å²) in [6, 6.07) is -0.573. The molecule has 0 aromatic heterocycles. The predicted octanol–water partition coefficient (Wildman–Crippen LogP) is -0.663. The van der Waals surface area contributed by atoms with Crippen LogP contribution in [-0.2, 0) is 4.79 Å². The Kier molecular flexibility index (Phi) is 4.70. The fourth-order valence-electron chi connectivity index (χ4n) is 1.78. The van der Waals surface area contributed by atoms with E-state index in [1.807, 2.05) is 0 Å². The third kappa shape index (κ3) is 2.51. The van der Waals surface area contributed by atoms with Crippen LogP contribution in [0.15, 0.2) is 0 Å². The van der Waals surface area contributed by atoms with Crippen molar-refractivity contribution in [2.24, 2.45) is 11.5 Å². The molecule has 0 saturated carbocycles. The number of urea groups is 1. The van der Waals surface area contributed by atoms with Gasteiger partial charge in [0.05, 0.1) is 0 Å². The van der Waals surface area contributed by atoms with E-state index in [9.17, 15) is 9.59 Å². The van der Waals surface area contributed by atoms with E-state index in [0.29, 0.717) is 39.0 Å². The molecule has 0 aromatic rings. The molecule has 0 aromatic carbocycles. The van der Waals surface area contributed by atoms with Crippen molar-refractivity contribution in [2.75, 3.05) is 26.2 Å². The molecule has 0 aliphatic carbocycles. The fraction of sp³-hybridized carbons (Fsp3) is 0.800. The zero-order valence-corrected chi connectivity index (χ0v) is 9.69. The lowest BCUT2D eigenvalue weighted by Gasteiger charge is -2.18. The Balaban J connectivity index is 2.62. The molecule has 1 aliphatic rings. The molecule has 16 heavy (non-hydrogen) atoms. The van der Waals surface area contributed by atoms with Gasteiger partial charge in [-0.3, -0.25) is 9.69 Å². The molecule has 1 heterocycles. The fourth-order valence-corrected chi connectivity index (χ4v) is 1.78. The van der Waals surface area contributed by atoms with Crippen LogP contribution in [0, 0.1) is 0 Å². The Morgan fingerprint density at radius 1 is 1.12 bits per heavy atom. The van der Waals surface area contributed by atoms with Crippen molar-refractivity contribution >= 4 is 11.9 Å². The number of hydrogen-bond acceptors (Lipinski definition) is 4. The Morgan fingerprint density at radius 2 is 1.69 bits per heavy atom. The predicted molar refractivity (Wildman–Crippen MR) is 60.6 cm³/mol. The van der Waals surface area contributed by atoms with Crippen LogP contribution in [0.2, 0.25) is 0 Å². The van der Waals surface area contributed by atoms with Gasteiger partial charge in [0.1, 0.15) is 6.04 Å². The van der Waals surface area contributed by atoms with E-state index in [2.05, 4.69) is 0 Å². The first kappa shape index (κ1) is 12.9. The molecule has 6 nitrogen and oxygen atoms in total. The molecule has 1 fully saturated rings. The van der Waals surface area contributed by atoms with Crippen molar-refractivity contribution in [3.05, 3.63) is 0 Å². The van der Waals surface area contributed by atoms with Crippen molar-refractivity contribution in [1.29, 1.82) is 0 Å². The highest BCUT2D eigenvalue weighted by Gasteiger charge is 2.41. The van der Waals surface area contributed by atoms with Gasteiger partial charge in [-0.25, -0.2) is 4.79 Å². The van der Waals surface area contributed by atoms with Gasteiger partial charge in [0, 0.05) is 13.1 Å². The van der Waals surface area contributed by atoms with E-state index >= 15 is 0 Å². The van der Waals surface area contributed by atoms with Crippen LogP contribution >= 0.6 is 0 Å². The second-order valence-electron chi connectivity index (χ2n) is 3.93. The maximum absolute atomic E-state index is 11.9. The highest BCUT2D eigenvalue weighted by atomic mass is 16.2. The van der Waals surface area contributed by atoms with Crippen LogP contribution in [0.4, 0.5) is 4.79 Å². The van der Waals surface area contributed by atoms with Crippen LogP contribution in [-0.4, -0.2) is 54.0 Å². The van der Waals surface area contributed by atoms with Gasteiger partial charge in [0.15, 0.2) is 0 Å². The van der Waals surface area contributed by atoms with E-state index in [-0.39, 0.29) is 18.0 Å². The normalized spacial score (nSPS) is 21.1. The van der Waals surface area contributed by atoms with Crippen molar-refractivity contribution in [3.8, 4) is 0 Å². The number of amides is 3. The van der Waals surface area contributed by atoms with Crippen molar-refractivity contribution < 1.29 is 9.59 Å². The summed E-state index contributed by atoms with van der Waals surface area (Å²) in [6.07, 6.45) is 1.36. The number of carbonyl (C=O) groups excluding carboxylic acids is 2. The molecule has 1 rings (SSSR count). The van der Waals surface area contributed by atoms with Gasteiger partial charge < -0.3 is 16.4 Å². The average Bonchev–Trinajstić information content (AvgIpc) is 2.47. The SMILES string of the molecule is CC1C(=O)N(CCCN)C(=O)N1CCCN. The first-order valence-corrected chi connectivity index (χ1v) is 5.65. The van der Waals surface area contributed by atoms with Gasteiger partial charge in [-0.05, 0) is 32.9 Å². The highest BCUT2D eigenvalue weighted by molar-refractivity contribution is 6.03. The minimum absolute atomic E-state index is 0.129. The number of imide groups is 1. The molecule has 1 aliphatic heterocycles. The largest absolute Gasteiger partial charge is 0.330 e. The molecule has 0 bridgehead atoms. The van der Waals surface area contributed by atoms with Crippen LogP contribution in [0.3, 0.4) is 0 Å². The second-order valence-corrected chi connectivity index (χ2v) is 3.93. The molecular weight excluding hydrogens is 208 g/mol.